The molecule has 0 radical (unpaired) electrons. The number of unbranched alkanes of at least 4 members (excludes halogenated alkanes) is 1. The summed E-state index contributed by atoms with van der Waals surface area (Å²) in [6.07, 6.45) is 5.83. The fraction of sp³-hybridized carbons (Fsp3) is 0.722. The lowest BCUT2D eigenvalue weighted by Gasteiger charge is -2.30. The fourth-order valence-electron chi connectivity index (χ4n) is 3.90. The number of piperidine rings is 1. The van der Waals surface area contributed by atoms with E-state index in [1.165, 1.54) is 33.3 Å². The van der Waals surface area contributed by atoms with Gasteiger partial charge in [-0.05, 0) is 32.6 Å². The molecule has 1 N–H and O–H groups in total. The number of nitrogens with zero attached hydrogens (tertiary/aromatic N) is 4. The lowest BCUT2D eigenvalue weighted by molar-refractivity contribution is -0.942. The van der Waals surface area contributed by atoms with Gasteiger partial charge in [0.25, 0.3) is 5.56 Å². The van der Waals surface area contributed by atoms with E-state index in [1.54, 1.807) is 14.1 Å². The van der Waals surface area contributed by atoms with E-state index in [2.05, 4.69) is 18.4 Å². The molecule has 2 aromatic rings. The minimum absolute atomic E-state index is 0.241. The molecule has 1 aliphatic rings. The molecule has 0 saturated carbocycles. The Labute approximate surface area is 147 Å². The Hall–Kier alpha value is -1.89. The highest BCUT2D eigenvalue weighted by Gasteiger charge is 2.26. The van der Waals surface area contributed by atoms with E-state index in [1.807, 2.05) is 0 Å². The number of quaternary nitrogens is 1. The number of rotatable bonds is 5. The van der Waals surface area contributed by atoms with Crippen molar-refractivity contribution in [1.82, 2.24) is 18.7 Å². The van der Waals surface area contributed by atoms with E-state index in [4.69, 9.17) is 4.98 Å². The molecule has 0 bridgehead atoms. The second kappa shape index (κ2) is 7.15. The van der Waals surface area contributed by atoms with Gasteiger partial charge in [-0.2, -0.15) is 0 Å². The minimum atomic E-state index is -0.317. The van der Waals surface area contributed by atoms with E-state index >= 15 is 0 Å². The molecule has 3 heterocycles. The van der Waals surface area contributed by atoms with Gasteiger partial charge in [-0.25, -0.2) is 9.78 Å². The first kappa shape index (κ1) is 17.9. The number of likely N-dealkylation sites (tertiary alicyclic amines) is 1. The summed E-state index contributed by atoms with van der Waals surface area (Å²) in [5, 5.41) is 0. The molecule has 0 aromatic carbocycles. The lowest BCUT2D eigenvalue weighted by atomic mass is 10.0. The zero-order chi connectivity index (χ0) is 18.1. The molecular weight excluding hydrogens is 318 g/mol. The summed E-state index contributed by atoms with van der Waals surface area (Å²) in [6, 6.07) is 0.611. The first-order valence-electron chi connectivity index (χ1n) is 9.45. The monoisotopic (exact) mass is 348 g/mol. The van der Waals surface area contributed by atoms with Crippen LogP contribution in [0.15, 0.2) is 9.59 Å². The van der Waals surface area contributed by atoms with Crippen molar-refractivity contribution in [2.24, 2.45) is 14.1 Å². The van der Waals surface area contributed by atoms with Gasteiger partial charge in [-0.1, -0.05) is 13.3 Å². The average molecular weight is 348 g/mol. The van der Waals surface area contributed by atoms with Crippen LogP contribution >= 0.6 is 0 Å². The van der Waals surface area contributed by atoms with Crippen LogP contribution in [0.5, 0.6) is 0 Å². The van der Waals surface area contributed by atoms with E-state index in [0.717, 1.165) is 38.3 Å². The number of aromatic nitrogens is 4. The minimum Gasteiger partial charge on any atom is -0.326 e. The van der Waals surface area contributed by atoms with Crippen LogP contribution in [0, 0.1) is 0 Å². The highest BCUT2D eigenvalue weighted by atomic mass is 16.2. The van der Waals surface area contributed by atoms with Gasteiger partial charge in [0.05, 0.1) is 12.6 Å². The predicted molar refractivity (Wildman–Crippen MR) is 98.0 cm³/mol. The Bertz CT molecular complexity index is 876. The van der Waals surface area contributed by atoms with Gasteiger partial charge >= 0.3 is 5.69 Å². The van der Waals surface area contributed by atoms with Crippen LogP contribution in [0.25, 0.3) is 11.2 Å². The third-order valence-corrected chi connectivity index (χ3v) is 5.63. The number of hydrogen-bond acceptors (Lipinski definition) is 3. The molecule has 0 amide bonds. The molecule has 138 valence electrons. The van der Waals surface area contributed by atoms with Crippen LogP contribution < -0.4 is 16.1 Å². The Kier molecular flexibility index (Phi) is 5.13. The molecule has 1 unspecified atom stereocenters. The van der Waals surface area contributed by atoms with Gasteiger partial charge in [0, 0.05) is 20.6 Å². The van der Waals surface area contributed by atoms with Crippen molar-refractivity contribution < 1.29 is 4.90 Å². The summed E-state index contributed by atoms with van der Waals surface area (Å²) in [5.41, 5.74) is 0.526. The number of fused-ring (bicyclic) bond motifs is 1. The molecule has 25 heavy (non-hydrogen) atoms. The van der Waals surface area contributed by atoms with Crippen LogP contribution in [-0.4, -0.2) is 31.3 Å². The van der Waals surface area contributed by atoms with Crippen molar-refractivity contribution in [3.63, 3.8) is 0 Å². The van der Waals surface area contributed by atoms with Crippen molar-refractivity contribution in [1.29, 1.82) is 0 Å². The summed E-state index contributed by atoms with van der Waals surface area (Å²) in [4.78, 5) is 31.3. The van der Waals surface area contributed by atoms with Crippen LogP contribution in [0.3, 0.4) is 0 Å². The average Bonchev–Trinajstić information content (AvgIpc) is 2.96. The predicted octanol–water partition coefficient (Wildman–Crippen LogP) is 0.191. The number of hydrogen-bond donors (Lipinski definition) is 1. The molecule has 2 aromatic heterocycles. The lowest BCUT2D eigenvalue weighted by Crippen LogP contribution is -3.15. The van der Waals surface area contributed by atoms with Gasteiger partial charge in [0.1, 0.15) is 6.54 Å². The van der Waals surface area contributed by atoms with Gasteiger partial charge in [-0.15, -0.1) is 0 Å². The van der Waals surface area contributed by atoms with Crippen LogP contribution in [0.1, 0.15) is 51.8 Å². The zero-order valence-electron chi connectivity index (χ0n) is 15.8. The normalized spacial score (nSPS) is 21.1. The molecule has 0 spiro atoms. The van der Waals surface area contributed by atoms with Crippen molar-refractivity contribution in [2.45, 2.75) is 65.1 Å². The summed E-state index contributed by atoms with van der Waals surface area (Å²) in [6.45, 7) is 7.18. The van der Waals surface area contributed by atoms with E-state index in [0.29, 0.717) is 17.2 Å². The van der Waals surface area contributed by atoms with E-state index in [9.17, 15) is 9.59 Å². The first-order valence-corrected chi connectivity index (χ1v) is 9.45. The quantitative estimate of drug-likeness (QED) is 0.839. The number of imidazole rings is 1. The SMILES string of the molecule is CCCCn1c(C[NH+]2CCCC[C@@H]2C)nc2c1c(=O)n(C)c(=O)n2C. The maximum absolute atomic E-state index is 12.7. The van der Waals surface area contributed by atoms with Gasteiger partial charge in [0.2, 0.25) is 0 Å². The van der Waals surface area contributed by atoms with E-state index < -0.39 is 0 Å². The standard InChI is InChI=1S/C18H29N5O2/c1-5-6-11-23-14(12-22-10-8-7-9-13(22)2)19-16-15(23)17(24)21(4)18(25)20(16)3/h13H,5-12H2,1-4H3/p+1/t13-/m0/s1. The Morgan fingerprint density at radius 3 is 2.64 bits per heavy atom. The molecule has 0 aliphatic carbocycles. The van der Waals surface area contributed by atoms with Crippen LogP contribution in [0.4, 0.5) is 0 Å². The smallest absolute Gasteiger partial charge is 0.326 e. The fourth-order valence-corrected chi connectivity index (χ4v) is 3.90. The molecule has 2 atom stereocenters. The van der Waals surface area contributed by atoms with Gasteiger partial charge in [-0.3, -0.25) is 13.9 Å². The summed E-state index contributed by atoms with van der Waals surface area (Å²) < 4.78 is 4.75. The van der Waals surface area contributed by atoms with E-state index in [-0.39, 0.29) is 11.2 Å². The second-order valence-corrected chi connectivity index (χ2v) is 7.39. The molecular formula is C18H30N5O2+. The van der Waals surface area contributed by atoms with Gasteiger partial charge < -0.3 is 9.47 Å². The second-order valence-electron chi connectivity index (χ2n) is 7.39. The number of aryl methyl sites for hydroxylation is 2. The largest absolute Gasteiger partial charge is 0.332 e. The van der Waals surface area contributed by atoms with Crippen molar-refractivity contribution in [3.05, 3.63) is 26.7 Å². The molecule has 3 rings (SSSR count). The maximum atomic E-state index is 12.7. The molecule has 1 saturated heterocycles. The van der Waals surface area contributed by atoms with Crippen LogP contribution in [0.2, 0.25) is 0 Å². The Balaban J connectivity index is 2.13. The topological polar surface area (TPSA) is 66.3 Å². The third-order valence-electron chi connectivity index (χ3n) is 5.63. The summed E-state index contributed by atoms with van der Waals surface area (Å²) in [7, 11) is 3.24. The number of nitrogens with one attached hydrogen (secondary N) is 1. The van der Waals surface area contributed by atoms with Crippen molar-refractivity contribution in [3.8, 4) is 0 Å². The van der Waals surface area contributed by atoms with Crippen molar-refractivity contribution in [2.75, 3.05) is 6.54 Å². The molecule has 7 heteroatoms. The molecule has 1 fully saturated rings. The zero-order valence-corrected chi connectivity index (χ0v) is 15.8. The molecule has 7 nitrogen and oxygen atoms in total. The highest BCUT2D eigenvalue weighted by Crippen LogP contribution is 2.13. The van der Waals surface area contributed by atoms with Crippen LogP contribution in [-0.2, 0) is 27.2 Å². The molecule has 1 aliphatic heterocycles. The summed E-state index contributed by atoms with van der Waals surface area (Å²) >= 11 is 0. The Morgan fingerprint density at radius 2 is 1.96 bits per heavy atom. The van der Waals surface area contributed by atoms with Crippen molar-refractivity contribution >= 4 is 11.2 Å². The van der Waals surface area contributed by atoms with Gasteiger partial charge in [0.15, 0.2) is 17.0 Å². The maximum Gasteiger partial charge on any atom is 0.332 e. The third kappa shape index (κ3) is 3.17. The summed E-state index contributed by atoms with van der Waals surface area (Å²) in [5.74, 6) is 0.936. The highest BCUT2D eigenvalue weighted by molar-refractivity contribution is 5.71. The first-order chi connectivity index (χ1) is 12.0. The Morgan fingerprint density at radius 1 is 1.20 bits per heavy atom.